The quantitative estimate of drug-likeness (QED) is 0.0455. The van der Waals surface area contributed by atoms with Gasteiger partial charge in [0.25, 0.3) is 0 Å². The fourth-order valence-electron chi connectivity index (χ4n) is 5.67. The van der Waals surface area contributed by atoms with Gasteiger partial charge in [0.2, 0.25) is 11.8 Å². The van der Waals surface area contributed by atoms with Crippen LogP contribution in [0.1, 0.15) is 130 Å². The minimum atomic E-state index is -1.13. The van der Waals surface area contributed by atoms with E-state index in [0.29, 0.717) is 13.1 Å². The van der Waals surface area contributed by atoms with Gasteiger partial charge in [-0.3, -0.25) is 19.2 Å². The second-order valence-corrected chi connectivity index (χ2v) is 16.2. The standard InChI is InChI=1S/C44H66N4O10/c1-43(2,3)57-37(49)29-35(47-41(53)55-31-33-23-17-15-18-24-33)39(51)45-27-21-13-11-9-7-8-10-12-14-22-28-46-40(52)36(30-38(50)58-44(4,5)6)48-42(54)56-32-34-25-19-16-20-26-34/h15-20,23-26,35-36H,7-14,21-22,27-32H2,1-6H3,(H,45,51)(H,46,52)(H,47,53)(H,48,54)/t35-,36-/m0/s1. The van der Waals surface area contributed by atoms with Crippen molar-refractivity contribution in [1.82, 2.24) is 21.3 Å². The minimum Gasteiger partial charge on any atom is -0.460 e. The summed E-state index contributed by atoms with van der Waals surface area (Å²) in [5.41, 5.74) is 0.127. The van der Waals surface area contributed by atoms with Crippen molar-refractivity contribution in [3.05, 3.63) is 71.8 Å². The van der Waals surface area contributed by atoms with Crippen molar-refractivity contribution in [2.75, 3.05) is 13.1 Å². The highest BCUT2D eigenvalue weighted by Gasteiger charge is 2.29. The Labute approximate surface area is 344 Å². The van der Waals surface area contributed by atoms with Gasteiger partial charge in [0, 0.05) is 13.1 Å². The Morgan fingerprint density at radius 1 is 0.483 bits per heavy atom. The van der Waals surface area contributed by atoms with Gasteiger partial charge in [-0.1, -0.05) is 112 Å². The molecule has 2 aromatic rings. The zero-order chi connectivity index (χ0) is 42.8. The number of nitrogens with one attached hydrogen (secondary N) is 4. The predicted octanol–water partition coefficient (Wildman–Crippen LogP) is 7.17. The number of carbonyl (C=O) groups excluding carboxylic acids is 6. The monoisotopic (exact) mass is 810 g/mol. The first-order valence-corrected chi connectivity index (χ1v) is 20.4. The molecule has 0 unspecified atom stereocenters. The third kappa shape index (κ3) is 24.5. The molecule has 14 heteroatoms. The van der Waals surface area contributed by atoms with Crippen molar-refractivity contribution in [3.63, 3.8) is 0 Å². The van der Waals surface area contributed by atoms with E-state index in [0.717, 1.165) is 75.3 Å². The number of unbranched alkanes of at least 4 members (excludes halogenated alkanes) is 9. The van der Waals surface area contributed by atoms with Crippen LogP contribution in [0, 0.1) is 0 Å². The molecule has 0 fully saturated rings. The zero-order valence-corrected chi connectivity index (χ0v) is 35.3. The van der Waals surface area contributed by atoms with Crippen LogP contribution in [-0.2, 0) is 51.3 Å². The Balaban J connectivity index is 1.61. The van der Waals surface area contributed by atoms with Crippen molar-refractivity contribution in [3.8, 4) is 0 Å². The summed E-state index contributed by atoms with van der Waals surface area (Å²) in [6, 6.07) is 16.0. The second kappa shape index (κ2) is 26.7. The number of amides is 4. The fourth-order valence-corrected chi connectivity index (χ4v) is 5.67. The summed E-state index contributed by atoms with van der Waals surface area (Å²) >= 11 is 0. The van der Waals surface area contributed by atoms with Crippen LogP contribution < -0.4 is 21.3 Å². The third-order valence-corrected chi connectivity index (χ3v) is 8.43. The Morgan fingerprint density at radius 3 is 1.10 bits per heavy atom. The summed E-state index contributed by atoms with van der Waals surface area (Å²) in [6.07, 6.45) is 7.51. The normalized spacial score (nSPS) is 12.3. The molecule has 0 radical (unpaired) electrons. The highest BCUT2D eigenvalue weighted by Crippen LogP contribution is 2.13. The van der Waals surface area contributed by atoms with Gasteiger partial charge in [0.15, 0.2) is 0 Å². The molecule has 0 saturated heterocycles. The molecule has 4 N–H and O–H groups in total. The fraction of sp³-hybridized carbons (Fsp3) is 0.591. The molecular weight excluding hydrogens is 745 g/mol. The van der Waals surface area contributed by atoms with Crippen LogP contribution in [0.2, 0.25) is 0 Å². The number of rotatable bonds is 25. The number of ether oxygens (including phenoxy) is 4. The van der Waals surface area contributed by atoms with Gasteiger partial charge >= 0.3 is 24.1 Å². The summed E-state index contributed by atoms with van der Waals surface area (Å²) in [5, 5.41) is 10.7. The van der Waals surface area contributed by atoms with E-state index in [9.17, 15) is 28.8 Å². The lowest BCUT2D eigenvalue weighted by Crippen LogP contribution is -2.48. The van der Waals surface area contributed by atoms with E-state index in [1.165, 1.54) is 0 Å². The van der Waals surface area contributed by atoms with E-state index in [4.69, 9.17) is 18.9 Å². The average molecular weight is 811 g/mol. The minimum absolute atomic E-state index is 0.0315. The van der Waals surface area contributed by atoms with Crippen LogP contribution in [0.15, 0.2) is 60.7 Å². The first-order chi connectivity index (χ1) is 27.5. The van der Waals surface area contributed by atoms with Gasteiger partial charge < -0.3 is 40.2 Å². The van der Waals surface area contributed by atoms with Crippen LogP contribution in [-0.4, -0.2) is 72.3 Å². The molecule has 2 rings (SSSR count). The molecule has 0 bridgehead atoms. The molecule has 2 atom stereocenters. The second-order valence-electron chi connectivity index (χ2n) is 16.2. The van der Waals surface area contributed by atoms with Gasteiger partial charge in [-0.2, -0.15) is 0 Å². The molecular formula is C44H66N4O10. The molecule has 0 spiro atoms. The van der Waals surface area contributed by atoms with Crippen molar-refractivity contribution in [2.24, 2.45) is 0 Å². The maximum Gasteiger partial charge on any atom is 0.408 e. The van der Waals surface area contributed by atoms with E-state index in [1.807, 2.05) is 60.7 Å². The third-order valence-electron chi connectivity index (χ3n) is 8.43. The van der Waals surface area contributed by atoms with E-state index >= 15 is 0 Å². The van der Waals surface area contributed by atoms with Crippen molar-refractivity contribution in [1.29, 1.82) is 0 Å². The number of esters is 2. The zero-order valence-electron chi connectivity index (χ0n) is 35.3. The highest BCUT2D eigenvalue weighted by atomic mass is 16.6. The van der Waals surface area contributed by atoms with Gasteiger partial charge in [0.05, 0.1) is 12.8 Å². The van der Waals surface area contributed by atoms with Crippen molar-refractivity contribution >= 4 is 35.9 Å². The van der Waals surface area contributed by atoms with Crippen LogP contribution in [0.3, 0.4) is 0 Å². The molecule has 322 valence electrons. The molecule has 0 saturated carbocycles. The highest BCUT2D eigenvalue weighted by molar-refractivity contribution is 5.90. The summed E-state index contributed by atoms with van der Waals surface area (Å²) < 4.78 is 21.2. The van der Waals surface area contributed by atoms with E-state index in [1.54, 1.807) is 41.5 Å². The maximum atomic E-state index is 13.0. The summed E-state index contributed by atoms with van der Waals surface area (Å²) in [4.78, 5) is 75.8. The first-order valence-electron chi connectivity index (χ1n) is 20.4. The number of alkyl carbamates (subject to hydrolysis) is 2. The molecule has 0 aliphatic carbocycles. The molecule has 0 heterocycles. The number of benzene rings is 2. The first kappa shape index (κ1) is 49.0. The molecule has 2 aromatic carbocycles. The van der Waals surface area contributed by atoms with Crippen LogP contribution in [0.25, 0.3) is 0 Å². The maximum absolute atomic E-state index is 13.0. The predicted molar refractivity (Wildman–Crippen MR) is 220 cm³/mol. The lowest BCUT2D eigenvalue weighted by molar-refractivity contribution is -0.157. The lowest BCUT2D eigenvalue weighted by atomic mass is 10.1. The SMILES string of the molecule is CC(C)(C)OC(=O)C[C@H](NC(=O)OCc1ccccc1)C(=O)NCCCCCCCCCCCCNC(=O)[C@H](CC(=O)OC(C)(C)C)NC(=O)OCc1ccccc1. The van der Waals surface area contributed by atoms with Crippen molar-refractivity contribution in [2.45, 2.75) is 155 Å². The molecule has 0 aliphatic heterocycles. The molecule has 58 heavy (non-hydrogen) atoms. The van der Waals surface area contributed by atoms with E-state index < -0.39 is 59.2 Å². The Hall–Kier alpha value is -5.14. The number of hydrogen-bond donors (Lipinski definition) is 4. The lowest BCUT2D eigenvalue weighted by Gasteiger charge is -2.22. The summed E-state index contributed by atoms with van der Waals surface area (Å²) in [6.45, 7) is 11.3. The van der Waals surface area contributed by atoms with Gasteiger partial charge in [-0.15, -0.1) is 0 Å². The smallest absolute Gasteiger partial charge is 0.408 e. The van der Waals surface area contributed by atoms with Gasteiger partial charge in [-0.05, 0) is 65.5 Å². The largest absolute Gasteiger partial charge is 0.460 e. The molecule has 14 nitrogen and oxygen atoms in total. The van der Waals surface area contributed by atoms with Crippen LogP contribution in [0.5, 0.6) is 0 Å². The van der Waals surface area contributed by atoms with Gasteiger partial charge in [0.1, 0.15) is 36.5 Å². The molecule has 0 aromatic heterocycles. The van der Waals surface area contributed by atoms with Crippen molar-refractivity contribution < 1.29 is 47.7 Å². The van der Waals surface area contributed by atoms with Crippen LogP contribution >= 0.6 is 0 Å². The van der Waals surface area contributed by atoms with Crippen LogP contribution in [0.4, 0.5) is 9.59 Å². The summed E-state index contributed by atoms with van der Waals surface area (Å²) in [7, 11) is 0. The number of carbonyl (C=O) groups is 6. The molecule has 4 amide bonds. The average Bonchev–Trinajstić information content (AvgIpc) is 3.15. The van der Waals surface area contributed by atoms with Gasteiger partial charge in [-0.25, -0.2) is 9.59 Å². The Kier molecular flexibility index (Phi) is 22.6. The Bertz CT molecular complexity index is 1430. The molecule has 0 aliphatic rings. The van der Waals surface area contributed by atoms with E-state index in [-0.39, 0.29) is 26.1 Å². The topological polar surface area (TPSA) is 187 Å². The number of hydrogen-bond acceptors (Lipinski definition) is 10. The Morgan fingerprint density at radius 2 is 0.793 bits per heavy atom. The summed E-state index contributed by atoms with van der Waals surface area (Å²) in [5.74, 6) is -2.15. The van der Waals surface area contributed by atoms with E-state index in [2.05, 4.69) is 21.3 Å².